The zero-order valence-electron chi connectivity index (χ0n) is 7.53. The number of ether oxygens (including phenoxy) is 3. The van der Waals surface area contributed by atoms with Crippen molar-refractivity contribution in [1.29, 1.82) is 0 Å². The Kier molecular flexibility index (Phi) is 2.36. The minimum Gasteiger partial charge on any atom is -0.497 e. The van der Waals surface area contributed by atoms with Crippen LogP contribution in [0.5, 0.6) is 11.5 Å². The van der Waals surface area contributed by atoms with Crippen molar-refractivity contribution >= 4 is 0 Å². The lowest BCUT2D eigenvalue weighted by Crippen LogP contribution is -2.03. The SMILES string of the molecule is COc1ccc(OC[C@H]2CO2)cc1. The molecule has 1 fully saturated rings. The van der Waals surface area contributed by atoms with Crippen molar-refractivity contribution in [2.75, 3.05) is 20.3 Å². The highest BCUT2D eigenvalue weighted by Crippen LogP contribution is 2.18. The highest BCUT2D eigenvalue weighted by atomic mass is 16.6. The van der Waals surface area contributed by atoms with Gasteiger partial charge in [-0.15, -0.1) is 0 Å². The maximum atomic E-state index is 5.45. The van der Waals surface area contributed by atoms with Crippen LogP contribution >= 0.6 is 0 Å². The fourth-order valence-corrected chi connectivity index (χ4v) is 1.03. The molecule has 1 aromatic rings. The van der Waals surface area contributed by atoms with E-state index in [9.17, 15) is 0 Å². The van der Waals surface area contributed by atoms with E-state index in [0.29, 0.717) is 12.7 Å². The molecule has 70 valence electrons. The predicted octanol–water partition coefficient (Wildman–Crippen LogP) is 1.47. The quantitative estimate of drug-likeness (QED) is 0.657. The third-order valence-electron chi connectivity index (χ3n) is 1.90. The highest BCUT2D eigenvalue weighted by Gasteiger charge is 2.22. The van der Waals surface area contributed by atoms with E-state index in [1.54, 1.807) is 7.11 Å². The first-order valence-corrected chi connectivity index (χ1v) is 4.27. The molecule has 1 atom stereocenters. The molecule has 0 unspecified atom stereocenters. The van der Waals surface area contributed by atoms with Crippen LogP contribution in [0.15, 0.2) is 24.3 Å². The van der Waals surface area contributed by atoms with Gasteiger partial charge in [-0.3, -0.25) is 0 Å². The summed E-state index contributed by atoms with van der Waals surface area (Å²) in [5.74, 6) is 1.70. The molecular weight excluding hydrogens is 168 g/mol. The molecule has 0 spiro atoms. The third kappa shape index (κ3) is 2.36. The molecule has 0 N–H and O–H groups in total. The Hall–Kier alpha value is -1.22. The average Bonchev–Trinajstić information content (AvgIpc) is 2.99. The summed E-state index contributed by atoms with van der Waals surface area (Å²) in [6.45, 7) is 1.47. The molecule has 0 bridgehead atoms. The lowest BCUT2D eigenvalue weighted by atomic mass is 10.3. The standard InChI is InChI=1S/C10H12O3/c1-11-8-2-4-9(5-3-8)12-6-10-7-13-10/h2-5,10H,6-7H2,1H3/t10-/m0/s1. The average molecular weight is 180 g/mol. The van der Waals surface area contributed by atoms with Crippen LogP contribution in [0.4, 0.5) is 0 Å². The Morgan fingerprint density at radius 3 is 2.46 bits per heavy atom. The van der Waals surface area contributed by atoms with E-state index in [2.05, 4.69) is 0 Å². The normalized spacial score (nSPS) is 19.6. The van der Waals surface area contributed by atoms with Crippen molar-refractivity contribution in [3.63, 3.8) is 0 Å². The fraction of sp³-hybridized carbons (Fsp3) is 0.400. The first-order chi connectivity index (χ1) is 6.38. The van der Waals surface area contributed by atoms with Gasteiger partial charge in [0.15, 0.2) is 0 Å². The Morgan fingerprint density at radius 1 is 1.31 bits per heavy atom. The van der Waals surface area contributed by atoms with E-state index in [-0.39, 0.29) is 0 Å². The fourth-order valence-electron chi connectivity index (χ4n) is 1.03. The highest BCUT2D eigenvalue weighted by molar-refractivity contribution is 5.31. The third-order valence-corrected chi connectivity index (χ3v) is 1.90. The van der Waals surface area contributed by atoms with Crippen molar-refractivity contribution in [2.24, 2.45) is 0 Å². The molecule has 1 heterocycles. The molecule has 1 aliphatic rings. The summed E-state index contributed by atoms with van der Waals surface area (Å²) in [7, 11) is 1.65. The number of methoxy groups -OCH3 is 1. The minimum absolute atomic E-state index is 0.308. The lowest BCUT2D eigenvalue weighted by Gasteiger charge is -2.04. The number of benzene rings is 1. The summed E-state index contributed by atoms with van der Waals surface area (Å²) >= 11 is 0. The van der Waals surface area contributed by atoms with Crippen LogP contribution in [-0.4, -0.2) is 26.4 Å². The summed E-state index contributed by atoms with van der Waals surface area (Å²) in [5, 5.41) is 0. The molecule has 0 radical (unpaired) electrons. The van der Waals surface area contributed by atoms with Crippen LogP contribution in [-0.2, 0) is 4.74 Å². The van der Waals surface area contributed by atoms with Gasteiger partial charge in [0.1, 0.15) is 24.2 Å². The van der Waals surface area contributed by atoms with E-state index in [4.69, 9.17) is 14.2 Å². The lowest BCUT2D eigenvalue weighted by molar-refractivity contribution is 0.262. The van der Waals surface area contributed by atoms with Crippen molar-refractivity contribution in [3.8, 4) is 11.5 Å². The first kappa shape index (κ1) is 8.38. The number of hydrogen-bond donors (Lipinski definition) is 0. The van der Waals surface area contributed by atoms with Gasteiger partial charge in [-0.05, 0) is 24.3 Å². The molecule has 0 aromatic heterocycles. The molecule has 0 amide bonds. The molecule has 0 saturated carbocycles. The van der Waals surface area contributed by atoms with Gasteiger partial charge >= 0.3 is 0 Å². The van der Waals surface area contributed by atoms with Crippen LogP contribution in [0, 0.1) is 0 Å². The summed E-state index contributed by atoms with van der Waals surface area (Å²) in [5.41, 5.74) is 0. The Morgan fingerprint density at radius 2 is 1.92 bits per heavy atom. The van der Waals surface area contributed by atoms with Crippen LogP contribution in [0.2, 0.25) is 0 Å². The molecular formula is C10H12O3. The molecule has 2 rings (SSSR count). The van der Waals surface area contributed by atoms with Gasteiger partial charge in [-0.1, -0.05) is 0 Å². The molecule has 13 heavy (non-hydrogen) atoms. The summed E-state index contributed by atoms with van der Waals surface area (Å²) in [6.07, 6.45) is 0.308. The Labute approximate surface area is 77.2 Å². The summed E-state index contributed by atoms with van der Waals surface area (Å²) in [6, 6.07) is 7.54. The van der Waals surface area contributed by atoms with E-state index in [1.807, 2.05) is 24.3 Å². The van der Waals surface area contributed by atoms with Gasteiger partial charge in [0.25, 0.3) is 0 Å². The van der Waals surface area contributed by atoms with Crippen molar-refractivity contribution in [2.45, 2.75) is 6.10 Å². The van der Waals surface area contributed by atoms with E-state index < -0.39 is 0 Å². The van der Waals surface area contributed by atoms with Gasteiger partial charge in [0.05, 0.1) is 13.7 Å². The first-order valence-electron chi connectivity index (χ1n) is 4.27. The van der Waals surface area contributed by atoms with Gasteiger partial charge in [-0.25, -0.2) is 0 Å². The topological polar surface area (TPSA) is 31.0 Å². The summed E-state index contributed by atoms with van der Waals surface area (Å²) in [4.78, 5) is 0. The monoisotopic (exact) mass is 180 g/mol. The van der Waals surface area contributed by atoms with Crippen LogP contribution in [0.1, 0.15) is 0 Å². The Balaban J connectivity index is 1.88. The number of rotatable bonds is 4. The van der Waals surface area contributed by atoms with Crippen molar-refractivity contribution in [1.82, 2.24) is 0 Å². The maximum absolute atomic E-state index is 5.45. The van der Waals surface area contributed by atoms with E-state index in [0.717, 1.165) is 18.1 Å². The molecule has 0 aliphatic carbocycles. The van der Waals surface area contributed by atoms with Gasteiger partial charge in [0.2, 0.25) is 0 Å². The van der Waals surface area contributed by atoms with Crippen molar-refractivity contribution in [3.05, 3.63) is 24.3 Å². The zero-order chi connectivity index (χ0) is 9.10. The van der Waals surface area contributed by atoms with E-state index in [1.165, 1.54) is 0 Å². The van der Waals surface area contributed by atoms with Gasteiger partial charge < -0.3 is 14.2 Å². The maximum Gasteiger partial charge on any atom is 0.119 e. The van der Waals surface area contributed by atoms with Crippen LogP contribution in [0.25, 0.3) is 0 Å². The molecule has 3 nitrogen and oxygen atoms in total. The zero-order valence-corrected chi connectivity index (χ0v) is 7.53. The van der Waals surface area contributed by atoms with Crippen LogP contribution in [0.3, 0.4) is 0 Å². The second kappa shape index (κ2) is 3.66. The molecule has 1 aromatic carbocycles. The molecule has 1 saturated heterocycles. The van der Waals surface area contributed by atoms with Gasteiger partial charge in [0, 0.05) is 0 Å². The summed E-state index contributed by atoms with van der Waals surface area (Å²) < 4.78 is 15.5. The predicted molar refractivity (Wildman–Crippen MR) is 48.2 cm³/mol. The Bertz CT molecular complexity index is 264. The number of epoxide rings is 1. The van der Waals surface area contributed by atoms with E-state index >= 15 is 0 Å². The molecule has 1 aliphatic heterocycles. The smallest absolute Gasteiger partial charge is 0.119 e. The van der Waals surface area contributed by atoms with Gasteiger partial charge in [-0.2, -0.15) is 0 Å². The van der Waals surface area contributed by atoms with Crippen LogP contribution < -0.4 is 9.47 Å². The second-order valence-electron chi connectivity index (χ2n) is 2.94. The minimum atomic E-state index is 0.308. The largest absolute Gasteiger partial charge is 0.497 e. The number of hydrogen-bond acceptors (Lipinski definition) is 3. The molecule has 3 heteroatoms. The second-order valence-corrected chi connectivity index (χ2v) is 2.94. The van der Waals surface area contributed by atoms with Crippen molar-refractivity contribution < 1.29 is 14.2 Å².